The summed E-state index contributed by atoms with van der Waals surface area (Å²) in [7, 11) is 1.53. The summed E-state index contributed by atoms with van der Waals surface area (Å²) in [5.41, 5.74) is 7.93. The Morgan fingerprint density at radius 3 is 2.67 bits per heavy atom. The monoisotopic (exact) mass is 344 g/mol. The zero-order valence-electron chi connectivity index (χ0n) is 13.8. The highest BCUT2D eigenvalue weighted by atomic mass is 35.5. The number of nitrogens with two attached hydrogens (primary N) is 1. The minimum Gasteiger partial charge on any atom is -0.496 e. The van der Waals surface area contributed by atoms with Crippen molar-refractivity contribution >= 4 is 23.2 Å². The number of carbonyl (C=O) groups is 1. The van der Waals surface area contributed by atoms with Gasteiger partial charge < -0.3 is 15.4 Å². The van der Waals surface area contributed by atoms with Gasteiger partial charge in [0.05, 0.1) is 23.4 Å². The number of methoxy groups -OCH3 is 1. The summed E-state index contributed by atoms with van der Waals surface area (Å²) in [4.78, 5) is 14.9. The van der Waals surface area contributed by atoms with Crippen molar-refractivity contribution in [2.24, 2.45) is 0 Å². The zero-order chi connectivity index (χ0) is 17.3. The van der Waals surface area contributed by atoms with Crippen molar-refractivity contribution in [3.63, 3.8) is 0 Å². The first-order chi connectivity index (χ1) is 11.5. The molecule has 2 aromatic carbocycles. The Morgan fingerprint density at radius 2 is 2.00 bits per heavy atom. The van der Waals surface area contributed by atoms with E-state index in [-0.39, 0.29) is 11.9 Å². The summed E-state index contributed by atoms with van der Waals surface area (Å²) in [5, 5.41) is 0.366. The highest BCUT2D eigenvalue weighted by Crippen LogP contribution is 2.36. The number of carbonyl (C=O) groups excluding carboxylic acids is 1. The molecule has 1 aliphatic rings. The molecule has 1 amide bonds. The first kappa shape index (κ1) is 16.7. The molecular weight excluding hydrogens is 324 g/mol. The van der Waals surface area contributed by atoms with Crippen LogP contribution in [0.4, 0.5) is 5.69 Å². The molecule has 4 nitrogen and oxygen atoms in total. The summed E-state index contributed by atoms with van der Waals surface area (Å²) in [6.07, 6.45) is 0.946. The van der Waals surface area contributed by atoms with Crippen LogP contribution in [-0.4, -0.2) is 30.5 Å². The molecule has 126 valence electrons. The lowest BCUT2D eigenvalue weighted by Crippen LogP contribution is -2.35. The normalized spacial score (nSPS) is 20.2. The molecule has 1 fully saturated rings. The Bertz CT molecular complexity index is 749. The molecule has 0 spiro atoms. The van der Waals surface area contributed by atoms with E-state index < -0.39 is 0 Å². The van der Waals surface area contributed by atoms with Gasteiger partial charge in [0.25, 0.3) is 5.91 Å². The predicted octanol–water partition coefficient (Wildman–Crippen LogP) is 3.95. The van der Waals surface area contributed by atoms with Crippen molar-refractivity contribution in [1.82, 2.24) is 4.90 Å². The molecule has 1 saturated heterocycles. The number of hydrogen-bond donors (Lipinski definition) is 1. The van der Waals surface area contributed by atoms with Gasteiger partial charge in [-0.15, -0.1) is 0 Å². The molecule has 5 heteroatoms. The molecule has 0 bridgehead atoms. The number of anilines is 1. The Morgan fingerprint density at radius 1 is 1.29 bits per heavy atom. The van der Waals surface area contributed by atoms with Gasteiger partial charge in [-0.25, -0.2) is 0 Å². The van der Waals surface area contributed by atoms with E-state index in [4.69, 9.17) is 22.1 Å². The van der Waals surface area contributed by atoms with Crippen molar-refractivity contribution in [2.45, 2.75) is 25.3 Å². The van der Waals surface area contributed by atoms with Crippen molar-refractivity contribution < 1.29 is 9.53 Å². The minimum absolute atomic E-state index is 0.0697. The second-order valence-electron chi connectivity index (χ2n) is 6.12. The lowest BCUT2D eigenvalue weighted by molar-refractivity contribution is 0.0739. The fraction of sp³-hybridized carbons (Fsp3) is 0.316. The number of hydrogen-bond acceptors (Lipinski definition) is 3. The number of nitrogens with zero attached hydrogens (tertiary/aromatic N) is 1. The van der Waals surface area contributed by atoms with Gasteiger partial charge in [0.1, 0.15) is 5.75 Å². The molecule has 0 aromatic heterocycles. The summed E-state index contributed by atoms with van der Waals surface area (Å²) in [6.45, 7) is 2.80. The maximum absolute atomic E-state index is 13.0. The van der Waals surface area contributed by atoms with Crippen molar-refractivity contribution in [1.29, 1.82) is 0 Å². The number of nitrogen functional groups attached to an aromatic ring is 1. The van der Waals surface area contributed by atoms with E-state index in [1.165, 1.54) is 12.7 Å². The van der Waals surface area contributed by atoms with Crippen LogP contribution in [0.25, 0.3) is 0 Å². The number of rotatable bonds is 3. The molecule has 2 N–H and O–H groups in total. The third-order valence-corrected chi connectivity index (χ3v) is 5.12. The third-order valence-electron chi connectivity index (χ3n) is 4.79. The van der Waals surface area contributed by atoms with Gasteiger partial charge in [0.2, 0.25) is 0 Å². The predicted molar refractivity (Wildman–Crippen MR) is 96.7 cm³/mol. The van der Waals surface area contributed by atoms with Gasteiger partial charge in [-0.1, -0.05) is 41.9 Å². The second-order valence-corrected chi connectivity index (χ2v) is 6.53. The van der Waals surface area contributed by atoms with Crippen molar-refractivity contribution in [3.8, 4) is 5.75 Å². The van der Waals surface area contributed by atoms with Crippen LogP contribution in [0.5, 0.6) is 5.75 Å². The largest absolute Gasteiger partial charge is 0.496 e. The van der Waals surface area contributed by atoms with Crippen LogP contribution < -0.4 is 10.5 Å². The maximum atomic E-state index is 13.0. The number of halogens is 1. The van der Waals surface area contributed by atoms with Crippen LogP contribution in [0.1, 0.15) is 35.2 Å². The zero-order valence-corrected chi connectivity index (χ0v) is 14.6. The van der Waals surface area contributed by atoms with E-state index in [9.17, 15) is 4.79 Å². The molecule has 0 saturated carbocycles. The standard InChI is InChI=1S/C19H21ClN2O2/c1-12-14(13-6-4-3-5-7-13)8-9-22(12)19(23)15-10-16(20)17(21)11-18(15)24-2/h3-7,10-12,14H,8-9,21H2,1-2H3. The van der Waals surface area contributed by atoms with Crippen LogP contribution in [0, 0.1) is 0 Å². The SMILES string of the molecule is COc1cc(N)c(Cl)cc1C(=O)N1CCC(c2ccccc2)C1C. The highest BCUT2D eigenvalue weighted by Gasteiger charge is 2.36. The van der Waals surface area contributed by atoms with Gasteiger partial charge >= 0.3 is 0 Å². The topological polar surface area (TPSA) is 55.6 Å². The van der Waals surface area contributed by atoms with Crippen LogP contribution >= 0.6 is 11.6 Å². The van der Waals surface area contributed by atoms with Gasteiger partial charge in [-0.05, 0) is 25.0 Å². The average Bonchev–Trinajstić information content (AvgIpc) is 2.98. The van der Waals surface area contributed by atoms with Crippen LogP contribution in [-0.2, 0) is 0 Å². The van der Waals surface area contributed by atoms with E-state index in [0.717, 1.165) is 6.42 Å². The molecule has 24 heavy (non-hydrogen) atoms. The summed E-state index contributed by atoms with van der Waals surface area (Å²) >= 11 is 6.10. The summed E-state index contributed by atoms with van der Waals surface area (Å²) < 4.78 is 5.32. The number of benzene rings is 2. The lowest BCUT2D eigenvalue weighted by atomic mass is 9.93. The number of amides is 1. The van der Waals surface area contributed by atoms with Crippen molar-refractivity contribution in [2.75, 3.05) is 19.4 Å². The van der Waals surface area contributed by atoms with Crippen molar-refractivity contribution in [3.05, 3.63) is 58.6 Å². The lowest BCUT2D eigenvalue weighted by Gasteiger charge is -2.26. The Hall–Kier alpha value is -2.20. The fourth-order valence-electron chi connectivity index (χ4n) is 3.43. The van der Waals surface area contributed by atoms with Crippen LogP contribution in [0.15, 0.2) is 42.5 Å². The average molecular weight is 345 g/mol. The van der Waals surface area contributed by atoms with E-state index in [1.807, 2.05) is 23.1 Å². The Balaban J connectivity index is 1.88. The highest BCUT2D eigenvalue weighted by molar-refractivity contribution is 6.33. The van der Waals surface area contributed by atoms with Gasteiger partial charge in [-0.2, -0.15) is 0 Å². The molecule has 1 heterocycles. The first-order valence-corrected chi connectivity index (χ1v) is 8.39. The van der Waals surface area contributed by atoms with E-state index in [0.29, 0.717) is 34.5 Å². The quantitative estimate of drug-likeness (QED) is 0.858. The fourth-order valence-corrected chi connectivity index (χ4v) is 3.60. The molecule has 0 radical (unpaired) electrons. The summed E-state index contributed by atoms with van der Waals surface area (Å²) in [5.74, 6) is 0.724. The molecular formula is C19H21ClN2O2. The second kappa shape index (κ2) is 6.73. The van der Waals surface area contributed by atoms with E-state index >= 15 is 0 Å². The number of ether oxygens (including phenoxy) is 1. The maximum Gasteiger partial charge on any atom is 0.257 e. The van der Waals surface area contributed by atoms with Crippen LogP contribution in [0.3, 0.4) is 0 Å². The smallest absolute Gasteiger partial charge is 0.257 e. The molecule has 2 atom stereocenters. The Labute approximate surface area is 147 Å². The van der Waals surface area contributed by atoms with Gasteiger partial charge in [0, 0.05) is 24.6 Å². The molecule has 1 aliphatic heterocycles. The van der Waals surface area contributed by atoms with Gasteiger partial charge in [0.15, 0.2) is 0 Å². The summed E-state index contributed by atoms with van der Waals surface area (Å²) in [6, 6.07) is 13.6. The number of likely N-dealkylation sites (tertiary alicyclic amines) is 1. The minimum atomic E-state index is -0.0697. The third kappa shape index (κ3) is 2.94. The molecule has 2 unspecified atom stereocenters. The van der Waals surface area contributed by atoms with Crippen LogP contribution in [0.2, 0.25) is 5.02 Å². The van der Waals surface area contributed by atoms with E-state index in [1.54, 1.807) is 12.1 Å². The molecule has 3 rings (SSSR count). The van der Waals surface area contributed by atoms with E-state index in [2.05, 4.69) is 19.1 Å². The molecule has 2 aromatic rings. The van der Waals surface area contributed by atoms with Gasteiger partial charge in [-0.3, -0.25) is 4.79 Å². The molecule has 0 aliphatic carbocycles. The first-order valence-electron chi connectivity index (χ1n) is 8.02. The Kier molecular flexibility index (Phi) is 4.67.